The molecule has 7 nitrogen and oxygen atoms in total. The molecule has 0 aliphatic heterocycles. The van der Waals surface area contributed by atoms with E-state index in [-0.39, 0.29) is 12.3 Å². The molecule has 1 aromatic rings. The molecule has 0 aliphatic carbocycles. The van der Waals surface area contributed by atoms with Gasteiger partial charge in [0, 0.05) is 18.6 Å². The molecule has 0 unspecified atom stereocenters. The predicted octanol–water partition coefficient (Wildman–Crippen LogP) is -1.13. The topological polar surface area (TPSA) is 109 Å². The Labute approximate surface area is 94.3 Å². The highest BCUT2D eigenvalue weighted by Gasteiger charge is 2.14. The summed E-state index contributed by atoms with van der Waals surface area (Å²) in [6, 6.07) is 0. The number of nitrogens with one attached hydrogen (secondary N) is 2. The fourth-order valence-corrected chi connectivity index (χ4v) is 3.50. The fraction of sp³-hybridized carbons (Fsp3) is 0.571. The first-order valence-corrected chi connectivity index (χ1v) is 8.13. The molecular formula is C7H13N3O4S2. The lowest BCUT2D eigenvalue weighted by atomic mass is 10.6. The predicted molar refractivity (Wildman–Crippen MR) is 58.9 cm³/mol. The summed E-state index contributed by atoms with van der Waals surface area (Å²) >= 11 is 0. The number of nitrogens with zero attached hydrogens (tertiary/aromatic N) is 1. The lowest BCUT2D eigenvalue weighted by molar-refractivity contribution is 0.577. The molecule has 2 N–H and O–H groups in total. The second-order valence-electron chi connectivity index (χ2n) is 3.31. The Hall–Kier alpha value is -0.930. The van der Waals surface area contributed by atoms with Gasteiger partial charge in [0.1, 0.15) is 15.7 Å². The Balaban J connectivity index is 2.47. The van der Waals surface area contributed by atoms with E-state index in [1.165, 1.54) is 6.20 Å². The Morgan fingerprint density at radius 2 is 2.00 bits per heavy atom. The maximum absolute atomic E-state index is 11.4. The number of aromatic nitrogens is 2. The van der Waals surface area contributed by atoms with Crippen LogP contribution in [0.2, 0.25) is 0 Å². The van der Waals surface area contributed by atoms with Crippen LogP contribution in [0.4, 0.5) is 0 Å². The number of imidazole rings is 1. The standard InChI is InChI=1S/C7H13N3O4S2/c1-15(11,12)4-5-16(13,14)10-6-7-8-2-3-9-7/h2-3,10H,4-6H2,1H3,(H,8,9). The third kappa shape index (κ3) is 5.24. The van der Waals surface area contributed by atoms with E-state index in [9.17, 15) is 16.8 Å². The van der Waals surface area contributed by atoms with Crippen LogP contribution in [0.5, 0.6) is 0 Å². The monoisotopic (exact) mass is 267 g/mol. The number of hydrogen-bond acceptors (Lipinski definition) is 5. The van der Waals surface area contributed by atoms with Crippen LogP contribution in [-0.2, 0) is 26.4 Å². The summed E-state index contributed by atoms with van der Waals surface area (Å²) in [6.45, 7) is 0.0269. The van der Waals surface area contributed by atoms with Crippen LogP contribution in [0.25, 0.3) is 0 Å². The summed E-state index contributed by atoms with van der Waals surface area (Å²) < 4.78 is 46.6. The maximum Gasteiger partial charge on any atom is 0.213 e. The number of sulfone groups is 1. The van der Waals surface area contributed by atoms with E-state index in [1.807, 2.05) is 0 Å². The van der Waals surface area contributed by atoms with E-state index in [0.29, 0.717) is 5.82 Å². The van der Waals surface area contributed by atoms with Gasteiger partial charge in [-0.15, -0.1) is 0 Å². The molecule has 0 fully saturated rings. The van der Waals surface area contributed by atoms with Gasteiger partial charge in [-0.25, -0.2) is 26.5 Å². The molecule has 1 rings (SSSR count). The smallest absolute Gasteiger partial charge is 0.213 e. The molecule has 0 aromatic carbocycles. The van der Waals surface area contributed by atoms with Crippen LogP contribution in [0.1, 0.15) is 5.82 Å². The molecule has 0 amide bonds. The molecule has 92 valence electrons. The first kappa shape index (κ1) is 13.1. The Morgan fingerprint density at radius 1 is 1.31 bits per heavy atom. The quantitative estimate of drug-likeness (QED) is 0.678. The van der Waals surface area contributed by atoms with Crippen LogP contribution in [-0.4, -0.2) is 44.6 Å². The van der Waals surface area contributed by atoms with Gasteiger partial charge < -0.3 is 4.98 Å². The molecule has 1 aromatic heterocycles. The van der Waals surface area contributed by atoms with Gasteiger partial charge in [-0.3, -0.25) is 0 Å². The number of sulfonamides is 1. The third-order valence-electron chi connectivity index (χ3n) is 1.74. The van der Waals surface area contributed by atoms with Crippen molar-refractivity contribution in [3.63, 3.8) is 0 Å². The number of rotatable bonds is 6. The van der Waals surface area contributed by atoms with Crippen LogP contribution in [0.15, 0.2) is 12.4 Å². The zero-order valence-electron chi connectivity index (χ0n) is 8.67. The van der Waals surface area contributed by atoms with Gasteiger partial charge in [0.15, 0.2) is 0 Å². The van der Waals surface area contributed by atoms with Crippen molar-refractivity contribution in [3.05, 3.63) is 18.2 Å². The lowest BCUT2D eigenvalue weighted by Gasteiger charge is -2.04. The van der Waals surface area contributed by atoms with Crippen molar-refractivity contribution in [1.29, 1.82) is 0 Å². The molecule has 16 heavy (non-hydrogen) atoms. The summed E-state index contributed by atoms with van der Waals surface area (Å²) in [4.78, 5) is 6.55. The van der Waals surface area contributed by atoms with Gasteiger partial charge in [-0.1, -0.05) is 0 Å². The van der Waals surface area contributed by atoms with Crippen LogP contribution in [0.3, 0.4) is 0 Å². The lowest BCUT2D eigenvalue weighted by Crippen LogP contribution is -2.29. The first-order valence-electron chi connectivity index (χ1n) is 4.42. The van der Waals surface area contributed by atoms with Crippen LogP contribution >= 0.6 is 0 Å². The van der Waals surface area contributed by atoms with Crippen molar-refractivity contribution < 1.29 is 16.8 Å². The highest BCUT2D eigenvalue weighted by atomic mass is 32.2. The fourth-order valence-electron chi connectivity index (χ4n) is 0.906. The van der Waals surface area contributed by atoms with Gasteiger partial charge in [0.05, 0.1) is 18.1 Å². The molecule has 0 atom stereocenters. The molecule has 0 saturated heterocycles. The van der Waals surface area contributed by atoms with Gasteiger partial charge in [0.2, 0.25) is 10.0 Å². The van der Waals surface area contributed by atoms with E-state index < -0.39 is 25.6 Å². The maximum atomic E-state index is 11.4. The second-order valence-corrected chi connectivity index (χ2v) is 7.49. The number of aromatic amines is 1. The van der Waals surface area contributed by atoms with Crippen LogP contribution in [0, 0.1) is 0 Å². The largest absolute Gasteiger partial charge is 0.347 e. The average Bonchev–Trinajstić information content (AvgIpc) is 2.64. The summed E-state index contributed by atoms with van der Waals surface area (Å²) in [5.41, 5.74) is 0. The molecule has 0 spiro atoms. The summed E-state index contributed by atoms with van der Waals surface area (Å²) in [5, 5.41) is 0. The highest BCUT2D eigenvalue weighted by Crippen LogP contribution is 1.93. The van der Waals surface area contributed by atoms with Gasteiger partial charge in [-0.05, 0) is 0 Å². The van der Waals surface area contributed by atoms with Crippen molar-refractivity contribution >= 4 is 19.9 Å². The SMILES string of the molecule is CS(=O)(=O)CCS(=O)(=O)NCc1ncc[nH]1. The normalized spacial score (nSPS) is 12.8. The molecule has 0 bridgehead atoms. The first-order chi connectivity index (χ1) is 7.29. The van der Waals surface area contributed by atoms with E-state index >= 15 is 0 Å². The zero-order chi connectivity index (χ0) is 12.2. The second kappa shape index (κ2) is 4.93. The molecule has 0 aliphatic rings. The van der Waals surface area contributed by atoms with Crippen molar-refractivity contribution in [2.24, 2.45) is 0 Å². The van der Waals surface area contributed by atoms with E-state index in [4.69, 9.17) is 0 Å². The minimum absolute atomic E-state index is 0.0269. The summed E-state index contributed by atoms with van der Waals surface area (Å²) in [7, 11) is -6.85. The molecule has 0 radical (unpaired) electrons. The number of H-pyrrole nitrogens is 1. The molecule has 0 saturated carbocycles. The minimum Gasteiger partial charge on any atom is -0.347 e. The van der Waals surface area contributed by atoms with E-state index in [0.717, 1.165) is 6.26 Å². The zero-order valence-corrected chi connectivity index (χ0v) is 10.3. The van der Waals surface area contributed by atoms with Crippen molar-refractivity contribution in [1.82, 2.24) is 14.7 Å². The third-order valence-corrected chi connectivity index (χ3v) is 4.27. The summed E-state index contributed by atoms with van der Waals surface area (Å²) in [5.74, 6) is -0.351. The van der Waals surface area contributed by atoms with Crippen molar-refractivity contribution in [2.75, 3.05) is 17.8 Å². The minimum atomic E-state index is -3.58. The van der Waals surface area contributed by atoms with Crippen LogP contribution < -0.4 is 4.72 Å². The van der Waals surface area contributed by atoms with Gasteiger partial charge >= 0.3 is 0 Å². The van der Waals surface area contributed by atoms with Gasteiger partial charge in [-0.2, -0.15) is 0 Å². The van der Waals surface area contributed by atoms with Crippen molar-refractivity contribution in [3.8, 4) is 0 Å². The Bertz CT molecular complexity index is 518. The molecule has 1 heterocycles. The van der Waals surface area contributed by atoms with Gasteiger partial charge in [0.25, 0.3) is 0 Å². The van der Waals surface area contributed by atoms with Crippen molar-refractivity contribution in [2.45, 2.75) is 6.54 Å². The molecule has 9 heteroatoms. The highest BCUT2D eigenvalue weighted by molar-refractivity contribution is 7.93. The Morgan fingerprint density at radius 3 is 2.50 bits per heavy atom. The average molecular weight is 267 g/mol. The Kier molecular flexibility index (Phi) is 4.05. The van der Waals surface area contributed by atoms with E-state index in [2.05, 4.69) is 14.7 Å². The molecular weight excluding hydrogens is 254 g/mol. The number of hydrogen-bond donors (Lipinski definition) is 2. The van der Waals surface area contributed by atoms with E-state index in [1.54, 1.807) is 6.20 Å². The summed E-state index contributed by atoms with van der Waals surface area (Å²) in [6.07, 6.45) is 4.06.